The highest BCUT2D eigenvalue weighted by atomic mass is 32.1. The number of hydrogen-bond donors (Lipinski definition) is 0. The van der Waals surface area contributed by atoms with Gasteiger partial charge in [-0.25, -0.2) is 0 Å². The summed E-state index contributed by atoms with van der Waals surface area (Å²) < 4.78 is 14.3. The summed E-state index contributed by atoms with van der Waals surface area (Å²) in [5.74, 6) is 1.90. The summed E-state index contributed by atoms with van der Waals surface area (Å²) in [4.78, 5) is 20.5. The number of hydrogen-bond acceptors (Lipinski definition) is 7. The van der Waals surface area contributed by atoms with Crippen molar-refractivity contribution in [2.45, 2.75) is 25.3 Å². The van der Waals surface area contributed by atoms with Gasteiger partial charge in [0.25, 0.3) is 0 Å². The fourth-order valence-electron chi connectivity index (χ4n) is 6.28. The van der Waals surface area contributed by atoms with E-state index in [2.05, 4.69) is 60.8 Å². The first kappa shape index (κ1) is 21.8. The lowest BCUT2D eigenvalue weighted by molar-refractivity contribution is -0.139. The molecule has 3 heterocycles. The fraction of sp³-hybridized carbons (Fsp3) is 0.500. The summed E-state index contributed by atoms with van der Waals surface area (Å²) in [6.07, 6.45) is 3.02. The van der Waals surface area contributed by atoms with Gasteiger partial charge in [-0.15, -0.1) is 0 Å². The molecule has 3 aromatic rings. The van der Waals surface area contributed by atoms with E-state index in [-0.39, 0.29) is 5.92 Å². The second kappa shape index (κ2) is 8.82. The van der Waals surface area contributed by atoms with Crippen LogP contribution >= 0.6 is 11.7 Å². The molecule has 34 heavy (non-hydrogen) atoms. The third-order valence-corrected chi connectivity index (χ3v) is 8.65. The maximum atomic E-state index is 13.6. The van der Waals surface area contributed by atoms with Gasteiger partial charge in [0.15, 0.2) is 0 Å². The second-order valence-corrected chi connectivity index (χ2v) is 10.5. The Bertz CT molecular complexity index is 1200. The lowest BCUT2D eigenvalue weighted by Crippen LogP contribution is -2.56. The highest BCUT2D eigenvalue weighted by Crippen LogP contribution is 2.40. The molecule has 0 bridgehead atoms. The van der Waals surface area contributed by atoms with Gasteiger partial charge in [-0.2, -0.15) is 8.75 Å². The number of benzene rings is 2. The van der Waals surface area contributed by atoms with E-state index in [1.165, 1.54) is 28.5 Å². The Morgan fingerprint density at radius 3 is 2.71 bits per heavy atom. The molecule has 178 valence electrons. The lowest BCUT2D eigenvalue weighted by atomic mass is 9.72. The molecule has 0 saturated carbocycles. The summed E-state index contributed by atoms with van der Waals surface area (Å²) in [5, 5.41) is 0. The standard InChI is InChI=1S/C26H31N5O2S/c1-29-16-19(12-18-13-21-17(14-24(18)29)4-3-5-25(21)33-2)26(32)31-10-8-30(9-11-31)20-6-7-22-23(15-20)28-34-27-22/h3-7,15,18-19,24H,8-14,16H2,1-2H3/t18-,19-,24-/m1/s1. The Kier molecular flexibility index (Phi) is 5.65. The number of anilines is 1. The maximum absolute atomic E-state index is 13.6. The Balaban J connectivity index is 1.11. The van der Waals surface area contributed by atoms with Crippen molar-refractivity contribution in [2.24, 2.45) is 11.8 Å². The van der Waals surface area contributed by atoms with Gasteiger partial charge in [-0.1, -0.05) is 12.1 Å². The van der Waals surface area contributed by atoms with Crippen molar-refractivity contribution in [3.05, 3.63) is 47.5 Å². The molecule has 2 fully saturated rings. The summed E-state index contributed by atoms with van der Waals surface area (Å²) in [6, 6.07) is 13.2. The normalized spacial score (nSPS) is 25.2. The SMILES string of the molecule is COc1cccc2c1C[C@H]1C[C@@H](C(=O)N3CCN(c4ccc5nsnc5c4)CC3)CN(C)[C@@H]1C2. The number of piperidine rings is 1. The molecule has 1 aromatic heterocycles. The third kappa shape index (κ3) is 3.82. The Hall–Kier alpha value is -2.71. The van der Waals surface area contributed by atoms with E-state index in [4.69, 9.17) is 4.74 Å². The largest absolute Gasteiger partial charge is 0.496 e. The number of nitrogens with zero attached hydrogens (tertiary/aromatic N) is 5. The first-order chi connectivity index (χ1) is 16.6. The van der Waals surface area contributed by atoms with E-state index < -0.39 is 0 Å². The number of carbonyl (C=O) groups excluding carboxylic acids is 1. The van der Waals surface area contributed by atoms with Gasteiger partial charge in [0.1, 0.15) is 16.8 Å². The minimum Gasteiger partial charge on any atom is -0.496 e. The van der Waals surface area contributed by atoms with Crippen LogP contribution in [0.2, 0.25) is 0 Å². The molecule has 0 unspecified atom stereocenters. The molecule has 3 aliphatic rings. The zero-order valence-corrected chi connectivity index (χ0v) is 20.6. The average molecular weight is 478 g/mol. The summed E-state index contributed by atoms with van der Waals surface area (Å²) in [5.41, 5.74) is 5.81. The number of aromatic nitrogens is 2. The van der Waals surface area contributed by atoms with Crippen LogP contribution in [0.3, 0.4) is 0 Å². The number of carbonyl (C=O) groups is 1. The molecule has 1 amide bonds. The van der Waals surface area contributed by atoms with Gasteiger partial charge >= 0.3 is 0 Å². The highest BCUT2D eigenvalue weighted by molar-refractivity contribution is 7.00. The van der Waals surface area contributed by atoms with Crippen LogP contribution in [-0.2, 0) is 17.6 Å². The molecule has 6 rings (SSSR count). The van der Waals surface area contributed by atoms with Crippen molar-refractivity contribution in [3.63, 3.8) is 0 Å². The zero-order valence-electron chi connectivity index (χ0n) is 19.8. The van der Waals surface area contributed by atoms with Gasteiger partial charge < -0.3 is 19.4 Å². The van der Waals surface area contributed by atoms with Crippen LogP contribution in [-0.4, -0.2) is 77.4 Å². The number of methoxy groups -OCH3 is 1. The maximum Gasteiger partial charge on any atom is 0.227 e. The van der Waals surface area contributed by atoms with Crippen molar-refractivity contribution < 1.29 is 9.53 Å². The fourth-order valence-corrected chi connectivity index (χ4v) is 6.80. The molecule has 0 radical (unpaired) electrons. The average Bonchev–Trinajstić information content (AvgIpc) is 3.35. The van der Waals surface area contributed by atoms with Crippen molar-refractivity contribution in [2.75, 3.05) is 51.8 Å². The van der Waals surface area contributed by atoms with Crippen LogP contribution in [0.4, 0.5) is 5.69 Å². The van der Waals surface area contributed by atoms with Crippen LogP contribution in [0.5, 0.6) is 5.75 Å². The molecular formula is C26H31N5O2S. The topological polar surface area (TPSA) is 61.8 Å². The van der Waals surface area contributed by atoms with Gasteiger partial charge in [-0.05, 0) is 67.6 Å². The highest BCUT2D eigenvalue weighted by Gasteiger charge is 2.41. The molecule has 8 heteroatoms. The van der Waals surface area contributed by atoms with Crippen LogP contribution in [0, 0.1) is 11.8 Å². The molecular weight excluding hydrogens is 446 g/mol. The molecule has 1 aliphatic carbocycles. The van der Waals surface area contributed by atoms with Gasteiger partial charge in [-0.3, -0.25) is 4.79 Å². The van der Waals surface area contributed by atoms with Crippen molar-refractivity contribution >= 4 is 34.4 Å². The molecule has 3 atom stereocenters. The second-order valence-electron chi connectivity index (χ2n) is 9.96. The minimum atomic E-state index is 0.0755. The Labute approximate surface area is 204 Å². The smallest absolute Gasteiger partial charge is 0.227 e. The summed E-state index contributed by atoms with van der Waals surface area (Å²) in [7, 11) is 3.95. The minimum absolute atomic E-state index is 0.0755. The molecule has 2 aliphatic heterocycles. The van der Waals surface area contributed by atoms with Crippen molar-refractivity contribution in [1.82, 2.24) is 18.5 Å². The molecule has 2 saturated heterocycles. The lowest BCUT2D eigenvalue weighted by Gasteiger charge is -2.47. The van der Waals surface area contributed by atoms with E-state index in [0.29, 0.717) is 17.9 Å². The number of amides is 1. The number of piperazine rings is 1. The number of likely N-dealkylation sites (tertiary alicyclic amines) is 1. The van der Waals surface area contributed by atoms with Crippen molar-refractivity contribution in [3.8, 4) is 5.75 Å². The van der Waals surface area contributed by atoms with Gasteiger partial charge in [0.2, 0.25) is 5.91 Å². The van der Waals surface area contributed by atoms with Gasteiger partial charge in [0.05, 0.1) is 24.8 Å². The molecule has 0 N–H and O–H groups in total. The van der Waals surface area contributed by atoms with Crippen LogP contribution < -0.4 is 9.64 Å². The zero-order chi connectivity index (χ0) is 23.2. The number of rotatable bonds is 3. The van der Waals surface area contributed by atoms with Crippen LogP contribution in [0.15, 0.2) is 36.4 Å². The number of likely N-dealkylation sites (N-methyl/N-ethyl adjacent to an activating group) is 1. The molecule has 2 aromatic carbocycles. The Morgan fingerprint density at radius 1 is 1.06 bits per heavy atom. The molecule has 7 nitrogen and oxygen atoms in total. The van der Waals surface area contributed by atoms with E-state index in [9.17, 15) is 4.79 Å². The van der Waals surface area contributed by atoms with Crippen molar-refractivity contribution in [1.29, 1.82) is 0 Å². The summed E-state index contributed by atoms with van der Waals surface area (Å²) >= 11 is 1.25. The van der Waals surface area contributed by atoms with E-state index in [0.717, 1.165) is 68.8 Å². The summed E-state index contributed by atoms with van der Waals surface area (Å²) in [6.45, 7) is 4.11. The van der Waals surface area contributed by atoms with E-state index in [1.54, 1.807) is 7.11 Å². The van der Waals surface area contributed by atoms with E-state index >= 15 is 0 Å². The first-order valence-electron chi connectivity index (χ1n) is 12.2. The third-order valence-electron chi connectivity index (χ3n) is 8.09. The van der Waals surface area contributed by atoms with Crippen LogP contribution in [0.1, 0.15) is 17.5 Å². The Morgan fingerprint density at radius 2 is 1.88 bits per heavy atom. The quantitative estimate of drug-likeness (QED) is 0.578. The van der Waals surface area contributed by atoms with E-state index in [1.807, 2.05) is 6.07 Å². The predicted octanol–water partition coefficient (Wildman–Crippen LogP) is 3.08. The number of ether oxygens (including phenoxy) is 1. The van der Waals surface area contributed by atoms with Crippen LogP contribution in [0.25, 0.3) is 11.0 Å². The van der Waals surface area contributed by atoms with Gasteiger partial charge in [0, 0.05) is 44.5 Å². The predicted molar refractivity (Wildman–Crippen MR) is 135 cm³/mol. The number of fused-ring (bicyclic) bond motifs is 3. The monoisotopic (exact) mass is 477 g/mol. The first-order valence-corrected chi connectivity index (χ1v) is 12.9. The molecule has 0 spiro atoms.